The lowest BCUT2D eigenvalue weighted by Crippen LogP contribution is -2.37. The Hall–Kier alpha value is -0.800. The van der Waals surface area contributed by atoms with E-state index in [9.17, 15) is 5.11 Å². The maximum Gasteiger partial charge on any atom is 0.148 e. The average Bonchev–Trinajstić information content (AvgIpc) is 2.86. The molecule has 1 aromatic heterocycles. The number of aliphatic hydroxyl groups excluding tert-OH is 1. The van der Waals surface area contributed by atoms with Crippen molar-refractivity contribution in [2.75, 3.05) is 32.6 Å². The number of likely N-dealkylation sites (N-methyl/N-ethyl adjacent to an activating group) is 1. The minimum atomic E-state index is -0.254. The number of nitrogens with two attached hydrogens (primary N) is 1. The van der Waals surface area contributed by atoms with Crippen molar-refractivity contribution in [3.63, 3.8) is 0 Å². The van der Waals surface area contributed by atoms with E-state index in [0.717, 1.165) is 23.7 Å². The summed E-state index contributed by atoms with van der Waals surface area (Å²) < 4.78 is 3.89. The van der Waals surface area contributed by atoms with Gasteiger partial charge in [0.15, 0.2) is 0 Å². The Bertz CT molecular complexity index is 384. The molecule has 0 bridgehead atoms. The highest BCUT2D eigenvalue weighted by atomic mass is 32.1. The van der Waals surface area contributed by atoms with Crippen LogP contribution in [-0.2, 0) is 6.54 Å². The molecule has 2 unspecified atom stereocenters. The zero-order valence-corrected chi connectivity index (χ0v) is 11.5. The van der Waals surface area contributed by atoms with Crippen molar-refractivity contribution in [1.29, 1.82) is 0 Å². The first-order chi connectivity index (χ1) is 8.60. The third-order valence-corrected chi connectivity index (χ3v) is 3.82. The van der Waals surface area contributed by atoms with Gasteiger partial charge in [-0.05, 0) is 20.5 Å². The molecule has 2 rings (SSSR count). The Balaban J connectivity index is 2.02. The second-order valence-electron chi connectivity index (χ2n) is 4.93. The molecule has 8 heteroatoms. The maximum atomic E-state index is 9.80. The van der Waals surface area contributed by atoms with Crippen molar-refractivity contribution in [3.8, 4) is 0 Å². The van der Waals surface area contributed by atoms with Gasteiger partial charge in [0.1, 0.15) is 10.7 Å². The fourth-order valence-corrected chi connectivity index (χ4v) is 2.86. The van der Waals surface area contributed by atoms with Crippen molar-refractivity contribution in [1.82, 2.24) is 19.4 Å². The number of anilines is 1. The van der Waals surface area contributed by atoms with Crippen LogP contribution in [0.5, 0.6) is 0 Å². The number of nitrogens with zero attached hydrogens (tertiary/aromatic N) is 4. The summed E-state index contributed by atoms with van der Waals surface area (Å²) in [7, 11) is 4.08. The predicted octanol–water partition coefficient (Wildman–Crippen LogP) is -0.679. The number of β-amino-alcohol motifs (C(OH)–C–C–N with tert-alkyl or cyclic N) is 1. The first-order valence-electron chi connectivity index (χ1n) is 5.95. The summed E-state index contributed by atoms with van der Waals surface area (Å²) >= 11 is 1.25. The van der Waals surface area contributed by atoms with Crippen molar-refractivity contribution in [2.24, 2.45) is 5.84 Å². The fourth-order valence-electron chi connectivity index (χ4n) is 2.38. The Morgan fingerprint density at radius 1 is 1.61 bits per heavy atom. The van der Waals surface area contributed by atoms with Gasteiger partial charge in [0.25, 0.3) is 0 Å². The van der Waals surface area contributed by atoms with Crippen LogP contribution in [-0.4, -0.2) is 63.8 Å². The molecule has 0 aliphatic carbocycles. The Morgan fingerprint density at radius 2 is 2.39 bits per heavy atom. The van der Waals surface area contributed by atoms with Gasteiger partial charge in [0, 0.05) is 37.2 Å². The molecule has 7 nitrogen and oxygen atoms in total. The lowest BCUT2D eigenvalue weighted by molar-refractivity contribution is 0.168. The predicted molar refractivity (Wildman–Crippen MR) is 71.1 cm³/mol. The van der Waals surface area contributed by atoms with E-state index >= 15 is 0 Å². The summed E-state index contributed by atoms with van der Waals surface area (Å²) in [5.74, 6) is 5.42. The van der Waals surface area contributed by atoms with Gasteiger partial charge in [-0.15, -0.1) is 5.10 Å². The second-order valence-corrected chi connectivity index (χ2v) is 5.68. The molecule has 1 aliphatic heterocycles. The van der Waals surface area contributed by atoms with E-state index in [0.29, 0.717) is 19.1 Å². The zero-order chi connectivity index (χ0) is 13.1. The van der Waals surface area contributed by atoms with E-state index in [4.69, 9.17) is 5.84 Å². The molecule has 4 N–H and O–H groups in total. The number of nitrogens with one attached hydrogen (secondary N) is 1. The van der Waals surface area contributed by atoms with E-state index in [-0.39, 0.29) is 6.10 Å². The minimum absolute atomic E-state index is 0.254. The monoisotopic (exact) mass is 272 g/mol. The number of aliphatic hydroxyl groups is 1. The van der Waals surface area contributed by atoms with Gasteiger partial charge in [-0.2, -0.15) is 0 Å². The van der Waals surface area contributed by atoms with E-state index in [2.05, 4.69) is 24.8 Å². The van der Waals surface area contributed by atoms with Crippen LogP contribution in [0.25, 0.3) is 0 Å². The summed E-state index contributed by atoms with van der Waals surface area (Å²) in [5.41, 5.74) is 3.46. The van der Waals surface area contributed by atoms with Gasteiger partial charge in [-0.1, -0.05) is 4.49 Å². The summed E-state index contributed by atoms with van der Waals surface area (Å²) in [4.78, 5) is 4.37. The number of hydrogen-bond acceptors (Lipinski definition) is 8. The Labute approximate surface area is 111 Å². The van der Waals surface area contributed by atoms with Crippen LogP contribution in [0.1, 0.15) is 12.1 Å². The van der Waals surface area contributed by atoms with Crippen LogP contribution in [0, 0.1) is 0 Å². The normalized spacial score (nSPS) is 24.9. The average molecular weight is 272 g/mol. The quantitative estimate of drug-likeness (QED) is 0.483. The third kappa shape index (κ3) is 3.15. The number of hydrogen-bond donors (Lipinski definition) is 3. The molecule has 0 aromatic carbocycles. The van der Waals surface area contributed by atoms with Crippen LogP contribution in [0.3, 0.4) is 0 Å². The van der Waals surface area contributed by atoms with Crippen LogP contribution in [0.2, 0.25) is 0 Å². The number of likely N-dealkylation sites (tertiary alicyclic amines) is 1. The van der Waals surface area contributed by atoms with Crippen molar-refractivity contribution in [3.05, 3.63) is 5.69 Å². The van der Waals surface area contributed by atoms with Crippen LogP contribution >= 0.6 is 11.5 Å². The third-order valence-electron chi connectivity index (χ3n) is 3.12. The number of hydrazine groups is 1. The Morgan fingerprint density at radius 3 is 3.06 bits per heavy atom. The molecule has 0 radical (unpaired) electrons. The molecule has 102 valence electrons. The molecule has 0 saturated carbocycles. The largest absolute Gasteiger partial charge is 0.392 e. The standard InChI is InChI=1S/C10H20N6OS/c1-15(2)4-7-3-8(17)5-16(7)6-9-10(12-11)18-14-13-9/h7-8,12,17H,3-6,11H2,1-2H3. The van der Waals surface area contributed by atoms with Crippen molar-refractivity contribution >= 4 is 16.5 Å². The summed E-state index contributed by atoms with van der Waals surface area (Å²) in [5, 5.41) is 14.7. The molecule has 0 amide bonds. The molecular formula is C10H20N6OS. The second kappa shape index (κ2) is 5.89. The van der Waals surface area contributed by atoms with Crippen molar-refractivity contribution < 1.29 is 5.11 Å². The number of rotatable bonds is 5. The fraction of sp³-hybridized carbons (Fsp3) is 0.800. The van der Waals surface area contributed by atoms with Crippen LogP contribution < -0.4 is 11.3 Å². The summed E-state index contributed by atoms with van der Waals surface area (Å²) in [6.07, 6.45) is 0.553. The van der Waals surface area contributed by atoms with E-state index in [1.807, 2.05) is 14.1 Å². The SMILES string of the molecule is CN(C)CC1CC(O)CN1Cc1nnsc1NN. The molecule has 1 fully saturated rings. The topological polar surface area (TPSA) is 90.5 Å². The van der Waals surface area contributed by atoms with E-state index in [1.165, 1.54) is 11.5 Å². The van der Waals surface area contributed by atoms with Gasteiger partial charge in [0.05, 0.1) is 6.10 Å². The maximum absolute atomic E-state index is 9.80. The van der Waals surface area contributed by atoms with Gasteiger partial charge in [-0.25, -0.2) is 5.84 Å². The van der Waals surface area contributed by atoms with Crippen molar-refractivity contribution in [2.45, 2.75) is 25.1 Å². The lowest BCUT2D eigenvalue weighted by Gasteiger charge is -2.25. The molecule has 0 spiro atoms. The van der Waals surface area contributed by atoms with Gasteiger partial charge < -0.3 is 15.4 Å². The molecule has 1 aliphatic rings. The number of aromatic nitrogens is 2. The Kier molecular flexibility index (Phi) is 4.46. The minimum Gasteiger partial charge on any atom is -0.392 e. The molecule has 2 atom stereocenters. The first kappa shape index (κ1) is 13.6. The van der Waals surface area contributed by atoms with Gasteiger partial charge in [0.2, 0.25) is 0 Å². The zero-order valence-electron chi connectivity index (χ0n) is 10.7. The highest BCUT2D eigenvalue weighted by Crippen LogP contribution is 2.24. The lowest BCUT2D eigenvalue weighted by atomic mass is 10.2. The van der Waals surface area contributed by atoms with E-state index in [1.54, 1.807) is 0 Å². The number of nitrogen functional groups attached to an aromatic ring is 1. The highest BCUT2D eigenvalue weighted by Gasteiger charge is 2.32. The van der Waals surface area contributed by atoms with Crippen LogP contribution in [0.15, 0.2) is 0 Å². The van der Waals surface area contributed by atoms with Gasteiger partial charge >= 0.3 is 0 Å². The summed E-state index contributed by atoms with van der Waals surface area (Å²) in [6, 6.07) is 0.349. The molecule has 1 saturated heterocycles. The molecule has 18 heavy (non-hydrogen) atoms. The van der Waals surface area contributed by atoms with E-state index < -0.39 is 0 Å². The molecule has 2 heterocycles. The highest BCUT2D eigenvalue weighted by molar-refractivity contribution is 7.10. The van der Waals surface area contributed by atoms with Crippen LogP contribution in [0.4, 0.5) is 5.00 Å². The molecular weight excluding hydrogens is 252 g/mol. The van der Waals surface area contributed by atoms with Gasteiger partial charge in [-0.3, -0.25) is 4.90 Å². The summed E-state index contributed by atoms with van der Waals surface area (Å²) in [6.45, 7) is 2.28. The smallest absolute Gasteiger partial charge is 0.148 e. The molecule has 1 aromatic rings. The first-order valence-corrected chi connectivity index (χ1v) is 6.72.